The van der Waals surface area contributed by atoms with Gasteiger partial charge >= 0.3 is 0 Å². The molecule has 0 saturated carbocycles. The fourth-order valence-corrected chi connectivity index (χ4v) is 3.16. The molecule has 94 valence electrons. The highest BCUT2D eigenvalue weighted by molar-refractivity contribution is 7.10. The lowest BCUT2D eigenvalue weighted by Crippen LogP contribution is -2.46. The monoisotopic (exact) mass is 252 g/mol. The van der Waals surface area contributed by atoms with Gasteiger partial charge in [0.25, 0.3) is 0 Å². The Kier molecular flexibility index (Phi) is 4.31. The number of likely N-dealkylation sites (N-methyl/N-ethyl adjacent to an activating group) is 1. The van der Waals surface area contributed by atoms with Crippen molar-refractivity contribution >= 4 is 17.1 Å². The summed E-state index contributed by atoms with van der Waals surface area (Å²) in [6.45, 7) is 6.01. The summed E-state index contributed by atoms with van der Waals surface area (Å²) < 4.78 is 0. The number of ketones is 1. The second kappa shape index (κ2) is 5.76. The maximum Gasteiger partial charge on any atom is 0.131 e. The molecule has 17 heavy (non-hydrogen) atoms. The smallest absolute Gasteiger partial charge is 0.131 e. The first-order chi connectivity index (χ1) is 8.16. The van der Waals surface area contributed by atoms with Gasteiger partial charge in [-0.1, -0.05) is 6.07 Å². The minimum atomic E-state index is 0.280. The standard InChI is InChI=1S/C13H20N2OS/c1-11(16)10-12(13-4-3-9-17-13)15-7-5-14(2)6-8-15/h3-4,9,12H,5-8,10H2,1-2H3. The molecule has 0 spiro atoms. The lowest BCUT2D eigenvalue weighted by atomic mass is 10.1. The van der Waals surface area contributed by atoms with Crippen molar-refractivity contribution in [1.82, 2.24) is 9.80 Å². The molecule has 1 aromatic heterocycles. The van der Waals surface area contributed by atoms with Gasteiger partial charge in [-0.2, -0.15) is 0 Å². The minimum absolute atomic E-state index is 0.280. The van der Waals surface area contributed by atoms with Crippen LogP contribution in [-0.2, 0) is 4.79 Å². The highest BCUT2D eigenvalue weighted by Crippen LogP contribution is 2.29. The fourth-order valence-electron chi connectivity index (χ4n) is 2.30. The lowest BCUT2D eigenvalue weighted by molar-refractivity contribution is -0.118. The van der Waals surface area contributed by atoms with Crippen LogP contribution in [0.3, 0.4) is 0 Å². The van der Waals surface area contributed by atoms with Gasteiger partial charge in [-0.3, -0.25) is 9.69 Å². The summed E-state index contributed by atoms with van der Waals surface area (Å²) in [6.07, 6.45) is 0.643. The Morgan fingerprint density at radius 1 is 1.41 bits per heavy atom. The van der Waals surface area contributed by atoms with Crippen LogP contribution in [0.1, 0.15) is 24.3 Å². The van der Waals surface area contributed by atoms with Crippen molar-refractivity contribution in [2.24, 2.45) is 0 Å². The molecule has 0 N–H and O–H groups in total. The van der Waals surface area contributed by atoms with Crippen LogP contribution < -0.4 is 0 Å². The molecular formula is C13H20N2OS. The average molecular weight is 252 g/mol. The second-order valence-corrected chi connectivity index (χ2v) is 5.76. The topological polar surface area (TPSA) is 23.6 Å². The van der Waals surface area contributed by atoms with E-state index in [-0.39, 0.29) is 5.78 Å². The van der Waals surface area contributed by atoms with E-state index in [4.69, 9.17) is 0 Å². The minimum Gasteiger partial charge on any atom is -0.304 e. The number of piperazine rings is 1. The normalized spacial score (nSPS) is 20.4. The summed E-state index contributed by atoms with van der Waals surface area (Å²) in [5.74, 6) is 0.280. The van der Waals surface area contributed by atoms with Gasteiger partial charge in [0, 0.05) is 37.5 Å². The van der Waals surface area contributed by atoms with Crippen molar-refractivity contribution in [2.75, 3.05) is 33.2 Å². The molecule has 0 aliphatic carbocycles. The van der Waals surface area contributed by atoms with Gasteiger partial charge in [0.1, 0.15) is 5.78 Å². The number of hydrogen-bond donors (Lipinski definition) is 0. The van der Waals surface area contributed by atoms with Gasteiger partial charge in [0.05, 0.1) is 6.04 Å². The number of carbonyl (C=O) groups excluding carboxylic acids is 1. The molecule has 0 bridgehead atoms. The third-order valence-electron chi connectivity index (χ3n) is 3.33. The van der Waals surface area contributed by atoms with Gasteiger partial charge in [-0.05, 0) is 25.4 Å². The van der Waals surface area contributed by atoms with Crippen LogP contribution in [0.25, 0.3) is 0 Å². The molecule has 1 unspecified atom stereocenters. The first-order valence-corrected chi connectivity index (χ1v) is 7.00. The van der Waals surface area contributed by atoms with Crippen LogP contribution in [0.5, 0.6) is 0 Å². The second-order valence-electron chi connectivity index (χ2n) is 4.78. The number of nitrogens with zero attached hydrogens (tertiary/aromatic N) is 2. The van der Waals surface area contributed by atoms with Crippen molar-refractivity contribution in [2.45, 2.75) is 19.4 Å². The third kappa shape index (κ3) is 3.37. The third-order valence-corrected chi connectivity index (χ3v) is 4.30. The number of thiophene rings is 1. The Labute approximate surface area is 107 Å². The fraction of sp³-hybridized carbons (Fsp3) is 0.615. The maximum atomic E-state index is 11.4. The highest BCUT2D eigenvalue weighted by Gasteiger charge is 2.25. The summed E-state index contributed by atoms with van der Waals surface area (Å²) in [7, 11) is 2.16. The zero-order valence-corrected chi connectivity index (χ0v) is 11.4. The Morgan fingerprint density at radius 3 is 2.65 bits per heavy atom. The van der Waals surface area contributed by atoms with E-state index in [1.54, 1.807) is 18.3 Å². The van der Waals surface area contributed by atoms with E-state index in [2.05, 4.69) is 34.4 Å². The van der Waals surface area contributed by atoms with E-state index in [0.717, 1.165) is 26.2 Å². The number of rotatable bonds is 4. The van der Waals surface area contributed by atoms with E-state index >= 15 is 0 Å². The van der Waals surface area contributed by atoms with Crippen LogP contribution in [-0.4, -0.2) is 48.8 Å². The van der Waals surface area contributed by atoms with E-state index in [1.807, 2.05) is 0 Å². The quantitative estimate of drug-likeness (QED) is 0.819. The molecule has 0 aromatic carbocycles. The summed E-state index contributed by atoms with van der Waals surface area (Å²) in [4.78, 5) is 17.5. The number of Topliss-reactive ketones (excluding diaryl/α,β-unsaturated/α-hetero) is 1. The zero-order chi connectivity index (χ0) is 12.3. The predicted molar refractivity (Wildman–Crippen MR) is 71.4 cm³/mol. The molecule has 1 aromatic rings. The van der Waals surface area contributed by atoms with E-state index in [9.17, 15) is 4.79 Å². The molecular weight excluding hydrogens is 232 g/mol. The SMILES string of the molecule is CC(=O)CC(c1cccs1)N1CCN(C)CC1. The molecule has 4 heteroatoms. The molecule has 0 radical (unpaired) electrons. The van der Waals surface area contributed by atoms with Crippen LogP contribution in [0.4, 0.5) is 0 Å². The van der Waals surface area contributed by atoms with Gasteiger partial charge in [0.15, 0.2) is 0 Å². The van der Waals surface area contributed by atoms with E-state index < -0.39 is 0 Å². The molecule has 2 rings (SSSR count). The molecule has 1 saturated heterocycles. The Hall–Kier alpha value is -0.710. The molecule has 2 heterocycles. The Morgan fingerprint density at radius 2 is 2.12 bits per heavy atom. The molecule has 0 amide bonds. The first-order valence-electron chi connectivity index (χ1n) is 6.12. The largest absolute Gasteiger partial charge is 0.304 e. The summed E-state index contributed by atoms with van der Waals surface area (Å²) in [5, 5.41) is 2.10. The van der Waals surface area contributed by atoms with Crippen LogP contribution in [0, 0.1) is 0 Å². The van der Waals surface area contributed by atoms with Crippen molar-refractivity contribution in [3.05, 3.63) is 22.4 Å². The Balaban J connectivity index is 2.07. The van der Waals surface area contributed by atoms with E-state index in [1.165, 1.54) is 4.88 Å². The predicted octanol–water partition coefficient (Wildman–Crippen LogP) is 2.02. The van der Waals surface area contributed by atoms with Gasteiger partial charge < -0.3 is 4.90 Å². The molecule has 1 fully saturated rings. The summed E-state index contributed by atoms with van der Waals surface area (Å²) in [5.41, 5.74) is 0. The van der Waals surface area contributed by atoms with Gasteiger partial charge in [-0.25, -0.2) is 0 Å². The lowest BCUT2D eigenvalue weighted by Gasteiger charge is -2.37. The Bertz CT molecular complexity index is 356. The first kappa shape index (κ1) is 12.7. The van der Waals surface area contributed by atoms with Gasteiger partial charge in [-0.15, -0.1) is 11.3 Å². The van der Waals surface area contributed by atoms with Crippen LogP contribution >= 0.6 is 11.3 Å². The molecule has 3 nitrogen and oxygen atoms in total. The van der Waals surface area contributed by atoms with Gasteiger partial charge in [0.2, 0.25) is 0 Å². The maximum absolute atomic E-state index is 11.4. The van der Waals surface area contributed by atoms with Crippen molar-refractivity contribution in [3.63, 3.8) is 0 Å². The molecule has 1 aliphatic rings. The molecule has 1 aliphatic heterocycles. The van der Waals surface area contributed by atoms with Crippen molar-refractivity contribution in [1.29, 1.82) is 0 Å². The summed E-state index contributed by atoms with van der Waals surface area (Å²) in [6, 6.07) is 4.51. The number of hydrogen-bond acceptors (Lipinski definition) is 4. The summed E-state index contributed by atoms with van der Waals surface area (Å²) >= 11 is 1.76. The van der Waals surface area contributed by atoms with Crippen LogP contribution in [0.2, 0.25) is 0 Å². The van der Waals surface area contributed by atoms with E-state index in [0.29, 0.717) is 12.5 Å². The zero-order valence-electron chi connectivity index (χ0n) is 10.6. The van der Waals surface area contributed by atoms with Crippen molar-refractivity contribution in [3.8, 4) is 0 Å². The van der Waals surface area contributed by atoms with Crippen LogP contribution in [0.15, 0.2) is 17.5 Å². The van der Waals surface area contributed by atoms with Crippen molar-refractivity contribution < 1.29 is 4.79 Å². The highest BCUT2D eigenvalue weighted by atomic mass is 32.1. The average Bonchev–Trinajstić information content (AvgIpc) is 2.80. The molecule has 1 atom stereocenters. The number of carbonyl (C=O) groups is 1.